The number of anilines is 1. The first kappa shape index (κ1) is 19.0. The smallest absolute Gasteiger partial charge is 0.257 e. The second kappa shape index (κ2) is 7.97. The summed E-state index contributed by atoms with van der Waals surface area (Å²) in [5.41, 5.74) is 4.27. The van der Waals surface area contributed by atoms with E-state index >= 15 is 0 Å². The summed E-state index contributed by atoms with van der Waals surface area (Å²) >= 11 is 6.19. The molecule has 0 aliphatic heterocycles. The minimum Gasteiger partial charge on any atom is -0.494 e. The highest BCUT2D eigenvalue weighted by atomic mass is 35.5. The molecule has 0 saturated carbocycles. The number of hydrogen-bond donors (Lipinski definition) is 1. The van der Waals surface area contributed by atoms with Gasteiger partial charge in [-0.05, 0) is 55.8 Å². The van der Waals surface area contributed by atoms with E-state index in [0.29, 0.717) is 40.1 Å². The normalized spacial score (nSPS) is 10.9. The molecule has 0 saturated heterocycles. The SMILES string of the molecule is CCOc1ccc(Cl)c(C(=O)Nc2ccc3nc(-c4ccccc4C)oc3c2)c1. The molecule has 1 heterocycles. The molecule has 1 amide bonds. The second-order valence-electron chi connectivity index (χ2n) is 6.55. The van der Waals surface area contributed by atoms with Gasteiger partial charge in [0, 0.05) is 17.3 Å². The Morgan fingerprint density at radius 3 is 2.76 bits per heavy atom. The van der Waals surface area contributed by atoms with Crippen LogP contribution >= 0.6 is 11.6 Å². The van der Waals surface area contributed by atoms with Gasteiger partial charge in [0.05, 0.1) is 17.2 Å². The zero-order chi connectivity index (χ0) is 20.4. The third-order valence-electron chi connectivity index (χ3n) is 4.52. The standard InChI is InChI=1S/C23H19ClN2O3/c1-3-28-16-9-10-19(24)18(13-16)22(27)25-15-8-11-20-21(12-15)29-23(26-20)17-7-5-4-6-14(17)2/h4-13H,3H2,1-2H3,(H,25,27). The van der Waals surface area contributed by atoms with Crippen molar-refractivity contribution in [3.63, 3.8) is 0 Å². The van der Waals surface area contributed by atoms with Gasteiger partial charge in [-0.1, -0.05) is 29.8 Å². The lowest BCUT2D eigenvalue weighted by molar-refractivity contribution is 0.102. The quantitative estimate of drug-likeness (QED) is 0.434. The molecule has 1 aromatic heterocycles. The highest BCUT2D eigenvalue weighted by Gasteiger charge is 2.14. The van der Waals surface area contributed by atoms with Crippen LogP contribution in [0.2, 0.25) is 5.02 Å². The van der Waals surface area contributed by atoms with Crippen molar-refractivity contribution in [1.29, 1.82) is 0 Å². The largest absolute Gasteiger partial charge is 0.494 e. The van der Waals surface area contributed by atoms with Crippen LogP contribution in [0.4, 0.5) is 5.69 Å². The molecule has 3 aromatic carbocycles. The molecule has 0 radical (unpaired) electrons. The fourth-order valence-corrected chi connectivity index (χ4v) is 3.27. The van der Waals surface area contributed by atoms with Crippen molar-refractivity contribution in [3.8, 4) is 17.2 Å². The maximum absolute atomic E-state index is 12.7. The summed E-state index contributed by atoms with van der Waals surface area (Å²) in [6.45, 7) is 4.40. The number of carbonyl (C=O) groups is 1. The van der Waals surface area contributed by atoms with Crippen molar-refractivity contribution >= 4 is 34.3 Å². The summed E-state index contributed by atoms with van der Waals surface area (Å²) in [4.78, 5) is 17.3. The van der Waals surface area contributed by atoms with Crippen LogP contribution in [0.15, 0.2) is 65.1 Å². The van der Waals surface area contributed by atoms with Gasteiger partial charge in [0.25, 0.3) is 5.91 Å². The number of rotatable bonds is 5. The van der Waals surface area contributed by atoms with Gasteiger partial charge in [-0.3, -0.25) is 4.79 Å². The number of aryl methyl sites for hydroxylation is 1. The lowest BCUT2D eigenvalue weighted by Gasteiger charge is -2.09. The highest BCUT2D eigenvalue weighted by Crippen LogP contribution is 2.29. The number of halogens is 1. The summed E-state index contributed by atoms with van der Waals surface area (Å²) in [5, 5.41) is 3.21. The van der Waals surface area contributed by atoms with Crippen molar-refractivity contribution in [3.05, 3.63) is 76.8 Å². The van der Waals surface area contributed by atoms with Crippen molar-refractivity contribution in [2.75, 3.05) is 11.9 Å². The van der Waals surface area contributed by atoms with E-state index in [0.717, 1.165) is 16.6 Å². The fourth-order valence-electron chi connectivity index (χ4n) is 3.06. The van der Waals surface area contributed by atoms with Crippen molar-refractivity contribution in [2.45, 2.75) is 13.8 Å². The van der Waals surface area contributed by atoms with Gasteiger partial charge in [0.15, 0.2) is 5.58 Å². The number of carbonyl (C=O) groups excluding carboxylic acids is 1. The zero-order valence-corrected chi connectivity index (χ0v) is 16.8. The molecule has 4 aromatic rings. The van der Waals surface area contributed by atoms with E-state index in [2.05, 4.69) is 10.3 Å². The minimum atomic E-state index is -0.324. The van der Waals surface area contributed by atoms with Crippen LogP contribution in [0.25, 0.3) is 22.6 Å². The lowest BCUT2D eigenvalue weighted by atomic mass is 10.1. The molecule has 1 N–H and O–H groups in total. The van der Waals surface area contributed by atoms with Crippen LogP contribution in [0.1, 0.15) is 22.8 Å². The van der Waals surface area contributed by atoms with E-state index in [1.54, 1.807) is 30.3 Å². The van der Waals surface area contributed by atoms with Gasteiger partial charge >= 0.3 is 0 Å². The van der Waals surface area contributed by atoms with Crippen molar-refractivity contribution in [2.24, 2.45) is 0 Å². The molecule has 0 atom stereocenters. The maximum atomic E-state index is 12.7. The second-order valence-corrected chi connectivity index (χ2v) is 6.95. The Bertz CT molecular complexity index is 1200. The summed E-state index contributed by atoms with van der Waals surface area (Å²) in [5.74, 6) is 0.819. The fraction of sp³-hybridized carbons (Fsp3) is 0.130. The predicted octanol–water partition coefficient (Wildman–Crippen LogP) is 6.11. The molecular formula is C23H19ClN2O3. The Balaban J connectivity index is 1.61. The molecule has 146 valence electrons. The van der Waals surface area contributed by atoms with E-state index in [-0.39, 0.29) is 5.91 Å². The summed E-state index contributed by atoms with van der Waals surface area (Å²) in [6.07, 6.45) is 0. The Hall–Kier alpha value is -3.31. The zero-order valence-electron chi connectivity index (χ0n) is 16.0. The third kappa shape index (κ3) is 3.96. The number of amides is 1. The number of hydrogen-bond acceptors (Lipinski definition) is 4. The average Bonchev–Trinajstić information content (AvgIpc) is 3.13. The van der Waals surface area contributed by atoms with E-state index in [1.165, 1.54) is 0 Å². The van der Waals surface area contributed by atoms with Gasteiger partial charge in [-0.15, -0.1) is 0 Å². The molecule has 0 spiro atoms. The number of nitrogens with zero attached hydrogens (tertiary/aromatic N) is 1. The van der Waals surface area contributed by atoms with Gasteiger partial charge in [0.1, 0.15) is 11.3 Å². The number of nitrogens with one attached hydrogen (secondary N) is 1. The number of benzene rings is 3. The first-order valence-electron chi connectivity index (χ1n) is 9.25. The Morgan fingerprint density at radius 1 is 1.14 bits per heavy atom. The maximum Gasteiger partial charge on any atom is 0.257 e. The molecule has 29 heavy (non-hydrogen) atoms. The monoisotopic (exact) mass is 406 g/mol. The van der Waals surface area contributed by atoms with Gasteiger partial charge < -0.3 is 14.5 Å². The van der Waals surface area contributed by atoms with Crippen LogP contribution in [0, 0.1) is 6.92 Å². The summed E-state index contributed by atoms with van der Waals surface area (Å²) in [7, 11) is 0. The molecule has 0 unspecified atom stereocenters. The molecule has 4 rings (SSSR count). The molecule has 5 nitrogen and oxygen atoms in total. The Labute approximate surface area is 173 Å². The molecule has 0 bridgehead atoms. The van der Waals surface area contributed by atoms with Crippen molar-refractivity contribution in [1.82, 2.24) is 4.98 Å². The highest BCUT2D eigenvalue weighted by molar-refractivity contribution is 6.34. The average molecular weight is 407 g/mol. The molecular weight excluding hydrogens is 388 g/mol. The van der Waals surface area contributed by atoms with Crippen LogP contribution in [-0.4, -0.2) is 17.5 Å². The van der Waals surface area contributed by atoms with Crippen molar-refractivity contribution < 1.29 is 13.9 Å². The van der Waals surface area contributed by atoms with E-state index in [9.17, 15) is 4.79 Å². The lowest BCUT2D eigenvalue weighted by Crippen LogP contribution is -2.12. The van der Waals surface area contributed by atoms with E-state index in [4.69, 9.17) is 20.8 Å². The number of fused-ring (bicyclic) bond motifs is 1. The topological polar surface area (TPSA) is 64.4 Å². The molecule has 6 heteroatoms. The first-order chi connectivity index (χ1) is 14.0. The Kier molecular flexibility index (Phi) is 5.23. The van der Waals surface area contributed by atoms with Crippen LogP contribution < -0.4 is 10.1 Å². The summed E-state index contributed by atoms with van der Waals surface area (Å²) in [6, 6.07) is 18.3. The van der Waals surface area contributed by atoms with E-state index < -0.39 is 0 Å². The van der Waals surface area contributed by atoms with Gasteiger partial charge in [-0.2, -0.15) is 0 Å². The minimum absolute atomic E-state index is 0.324. The number of aromatic nitrogens is 1. The summed E-state index contributed by atoms with van der Waals surface area (Å²) < 4.78 is 11.4. The van der Waals surface area contributed by atoms with Crippen LogP contribution in [-0.2, 0) is 0 Å². The van der Waals surface area contributed by atoms with Gasteiger partial charge in [-0.25, -0.2) is 4.98 Å². The third-order valence-corrected chi connectivity index (χ3v) is 4.84. The predicted molar refractivity (Wildman–Crippen MR) is 115 cm³/mol. The molecule has 0 aliphatic rings. The van der Waals surface area contributed by atoms with Crippen LogP contribution in [0.3, 0.4) is 0 Å². The van der Waals surface area contributed by atoms with Gasteiger partial charge in [0.2, 0.25) is 5.89 Å². The van der Waals surface area contributed by atoms with E-state index in [1.807, 2.05) is 44.2 Å². The molecule has 0 fully saturated rings. The first-order valence-corrected chi connectivity index (χ1v) is 9.63. The Morgan fingerprint density at radius 2 is 1.97 bits per heavy atom. The van der Waals surface area contributed by atoms with Crippen LogP contribution in [0.5, 0.6) is 5.75 Å². The number of oxazole rings is 1. The molecule has 0 aliphatic carbocycles. The number of ether oxygens (including phenoxy) is 1.